The van der Waals surface area contributed by atoms with Crippen LogP contribution in [0.25, 0.3) is 10.1 Å². The van der Waals surface area contributed by atoms with Crippen molar-refractivity contribution in [3.8, 4) is 5.75 Å². The van der Waals surface area contributed by atoms with Crippen molar-refractivity contribution in [2.45, 2.75) is 0 Å². The minimum absolute atomic E-state index is 0.0954. The maximum Gasteiger partial charge on any atom is 0.252 e. The highest BCUT2D eigenvalue weighted by Crippen LogP contribution is 2.28. The van der Waals surface area contributed by atoms with Gasteiger partial charge in [-0.1, -0.05) is 0 Å². The molecule has 0 unspecified atom stereocenters. The van der Waals surface area contributed by atoms with Crippen molar-refractivity contribution in [3.05, 3.63) is 29.1 Å². The smallest absolute Gasteiger partial charge is 0.252 e. The molecule has 0 fully saturated rings. The molecule has 2 rings (SSSR count). The Morgan fingerprint density at radius 1 is 1.50 bits per heavy atom. The number of hydrogen-bond donors (Lipinski definition) is 2. The lowest BCUT2D eigenvalue weighted by Gasteiger charge is -1.97. The Labute approximate surface area is 85.0 Å². The number of nitrogens with one attached hydrogen (secondary N) is 1. The first-order valence-corrected chi connectivity index (χ1v) is 5.02. The lowest BCUT2D eigenvalue weighted by Crippen LogP contribution is -2.16. The lowest BCUT2D eigenvalue weighted by molar-refractivity contribution is 0.0965. The van der Waals surface area contributed by atoms with E-state index < -0.39 is 0 Å². The molecule has 0 bridgehead atoms. The van der Waals surface area contributed by atoms with E-state index in [1.54, 1.807) is 30.6 Å². The number of fused-ring (bicyclic) bond motifs is 1. The highest BCUT2D eigenvalue weighted by atomic mass is 32.1. The zero-order valence-electron chi connectivity index (χ0n) is 7.57. The molecule has 0 aliphatic carbocycles. The van der Waals surface area contributed by atoms with E-state index in [0.29, 0.717) is 5.56 Å². The summed E-state index contributed by atoms with van der Waals surface area (Å²) in [4.78, 5) is 11.4. The molecule has 1 aromatic carbocycles. The number of hydrogen-bond acceptors (Lipinski definition) is 3. The fourth-order valence-corrected chi connectivity index (χ4v) is 2.30. The number of benzene rings is 1. The van der Waals surface area contributed by atoms with E-state index in [1.807, 2.05) is 0 Å². The molecule has 0 spiro atoms. The van der Waals surface area contributed by atoms with Crippen LogP contribution in [-0.4, -0.2) is 18.1 Å². The van der Waals surface area contributed by atoms with Gasteiger partial charge in [-0.3, -0.25) is 4.79 Å². The van der Waals surface area contributed by atoms with Crippen LogP contribution in [-0.2, 0) is 0 Å². The van der Waals surface area contributed by atoms with E-state index >= 15 is 0 Å². The largest absolute Gasteiger partial charge is 0.508 e. The third kappa shape index (κ3) is 1.33. The molecule has 3 nitrogen and oxygen atoms in total. The molecule has 0 aliphatic rings. The minimum Gasteiger partial charge on any atom is -0.508 e. The van der Waals surface area contributed by atoms with Crippen LogP contribution in [0.1, 0.15) is 10.4 Å². The van der Waals surface area contributed by atoms with Crippen LogP contribution in [0, 0.1) is 0 Å². The molecule has 0 aliphatic heterocycles. The molecule has 4 heteroatoms. The van der Waals surface area contributed by atoms with Crippen molar-refractivity contribution in [1.82, 2.24) is 5.32 Å². The maximum absolute atomic E-state index is 11.4. The van der Waals surface area contributed by atoms with Crippen molar-refractivity contribution >= 4 is 27.3 Å². The van der Waals surface area contributed by atoms with Crippen molar-refractivity contribution in [2.75, 3.05) is 7.05 Å². The first-order valence-electron chi connectivity index (χ1n) is 4.14. The van der Waals surface area contributed by atoms with Gasteiger partial charge in [-0.15, -0.1) is 11.3 Å². The van der Waals surface area contributed by atoms with Gasteiger partial charge in [-0.2, -0.15) is 0 Å². The van der Waals surface area contributed by atoms with Gasteiger partial charge in [0, 0.05) is 22.5 Å². The van der Waals surface area contributed by atoms with E-state index in [4.69, 9.17) is 0 Å². The predicted octanol–water partition coefficient (Wildman–Crippen LogP) is 1.97. The molecule has 0 atom stereocenters. The van der Waals surface area contributed by atoms with E-state index in [-0.39, 0.29) is 11.7 Å². The molecule has 1 heterocycles. The Balaban J connectivity index is 2.64. The van der Waals surface area contributed by atoms with E-state index in [9.17, 15) is 9.90 Å². The first-order chi connectivity index (χ1) is 6.72. The Morgan fingerprint density at radius 3 is 3.00 bits per heavy atom. The van der Waals surface area contributed by atoms with Crippen LogP contribution in [0.4, 0.5) is 0 Å². The van der Waals surface area contributed by atoms with Crippen LogP contribution in [0.15, 0.2) is 23.6 Å². The summed E-state index contributed by atoms with van der Waals surface area (Å²) >= 11 is 1.45. The second kappa shape index (κ2) is 3.31. The van der Waals surface area contributed by atoms with Crippen LogP contribution < -0.4 is 5.32 Å². The summed E-state index contributed by atoms with van der Waals surface area (Å²) in [5, 5.41) is 14.5. The van der Waals surface area contributed by atoms with Gasteiger partial charge in [-0.25, -0.2) is 0 Å². The summed E-state index contributed by atoms with van der Waals surface area (Å²) in [6.45, 7) is 0. The standard InChI is InChI=1S/C10H9NO2S/c1-11-10(13)8-5-14-9-4-6(12)2-3-7(8)9/h2-5,12H,1H3,(H,11,13). The SMILES string of the molecule is CNC(=O)c1csc2cc(O)ccc12. The quantitative estimate of drug-likeness (QED) is 0.751. The summed E-state index contributed by atoms with van der Waals surface area (Å²) < 4.78 is 0.920. The molecule has 1 amide bonds. The number of thiophene rings is 1. The van der Waals surface area contributed by atoms with Gasteiger partial charge in [0.1, 0.15) is 5.75 Å². The predicted molar refractivity (Wildman–Crippen MR) is 56.9 cm³/mol. The molecule has 0 radical (unpaired) electrons. The second-order valence-corrected chi connectivity index (χ2v) is 3.82. The van der Waals surface area contributed by atoms with E-state index in [1.165, 1.54) is 11.3 Å². The van der Waals surface area contributed by atoms with Crippen LogP contribution in [0.2, 0.25) is 0 Å². The Hall–Kier alpha value is -1.55. The van der Waals surface area contributed by atoms with Gasteiger partial charge in [0.2, 0.25) is 0 Å². The summed E-state index contributed by atoms with van der Waals surface area (Å²) in [6.07, 6.45) is 0. The summed E-state index contributed by atoms with van der Waals surface area (Å²) in [7, 11) is 1.60. The summed E-state index contributed by atoms with van der Waals surface area (Å²) in [6, 6.07) is 5.00. The number of phenolic OH excluding ortho intramolecular Hbond substituents is 1. The molecule has 2 aromatic rings. The number of carbonyl (C=O) groups is 1. The fraction of sp³-hybridized carbons (Fsp3) is 0.100. The number of rotatable bonds is 1. The molecule has 14 heavy (non-hydrogen) atoms. The van der Waals surface area contributed by atoms with Gasteiger partial charge in [0.15, 0.2) is 0 Å². The summed E-state index contributed by atoms with van der Waals surface area (Å²) in [5.41, 5.74) is 0.660. The second-order valence-electron chi connectivity index (χ2n) is 2.91. The van der Waals surface area contributed by atoms with Gasteiger partial charge >= 0.3 is 0 Å². The van der Waals surface area contributed by atoms with Crippen molar-refractivity contribution in [2.24, 2.45) is 0 Å². The molecule has 0 saturated heterocycles. The molecule has 2 N–H and O–H groups in total. The molecular weight excluding hydrogens is 198 g/mol. The lowest BCUT2D eigenvalue weighted by atomic mass is 10.1. The minimum atomic E-state index is -0.0954. The highest BCUT2D eigenvalue weighted by molar-refractivity contribution is 7.17. The van der Waals surface area contributed by atoms with Crippen molar-refractivity contribution in [3.63, 3.8) is 0 Å². The average Bonchev–Trinajstić information content (AvgIpc) is 2.59. The maximum atomic E-state index is 11.4. The van der Waals surface area contributed by atoms with Crippen molar-refractivity contribution in [1.29, 1.82) is 0 Å². The topological polar surface area (TPSA) is 49.3 Å². The number of amides is 1. The fourth-order valence-electron chi connectivity index (χ4n) is 1.33. The van der Waals surface area contributed by atoms with Crippen LogP contribution >= 0.6 is 11.3 Å². The van der Waals surface area contributed by atoms with E-state index in [0.717, 1.165) is 10.1 Å². The van der Waals surface area contributed by atoms with Gasteiger partial charge in [0.05, 0.1) is 5.56 Å². The molecule has 72 valence electrons. The average molecular weight is 207 g/mol. The van der Waals surface area contributed by atoms with Crippen LogP contribution in [0.3, 0.4) is 0 Å². The third-order valence-corrected chi connectivity index (χ3v) is 2.98. The molecule has 0 saturated carbocycles. The third-order valence-electron chi connectivity index (χ3n) is 2.03. The number of phenols is 1. The molecular formula is C10H9NO2S. The van der Waals surface area contributed by atoms with Crippen molar-refractivity contribution < 1.29 is 9.90 Å². The van der Waals surface area contributed by atoms with Gasteiger partial charge < -0.3 is 10.4 Å². The molecule has 1 aromatic heterocycles. The monoisotopic (exact) mass is 207 g/mol. The Kier molecular flexibility index (Phi) is 2.13. The number of carbonyl (C=O) groups excluding carboxylic acids is 1. The summed E-state index contributed by atoms with van der Waals surface area (Å²) in [5.74, 6) is 0.129. The van der Waals surface area contributed by atoms with E-state index in [2.05, 4.69) is 5.32 Å². The highest BCUT2D eigenvalue weighted by Gasteiger charge is 2.10. The van der Waals surface area contributed by atoms with Gasteiger partial charge in [-0.05, 0) is 18.2 Å². The Bertz CT molecular complexity index is 490. The Morgan fingerprint density at radius 2 is 2.29 bits per heavy atom. The zero-order chi connectivity index (χ0) is 10.1. The number of aromatic hydroxyl groups is 1. The normalized spacial score (nSPS) is 10.4. The van der Waals surface area contributed by atoms with Crippen LogP contribution in [0.5, 0.6) is 5.75 Å². The van der Waals surface area contributed by atoms with Gasteiger partial charge in [0.25, 0.3) is 5.91 Å². The first kappa shape index (κ1) is 9.02. The zero-order valence-corrected chi connectivity index (χ0v) is 8.39.